The van der Waals surface area contributed by atoms with Crippen LogP contribution in [0.5, 0.6) is 0 Å². The molecule has 0 aromatic heterocycles. The van der Waals surface area contributed by atoms with Crippen LogP contribution in [-0.2, 0) is 27.2 Å². The van der Waals surface area contributed by atoms with E-state index < -0.39 is 6.04 Å². The normalized spacial score (nSPS) is 27.5. The second-order valence-corrected chi connectivity index (χ2v) is 8.84. The van der Waals surface area contributed by atoms with E-state index in [4.69, 9.17) is 0 Å². The Labute approximate surface area is 164 Å². The summed E-state index contributed by atoms with van der Waals surface area (Å²) in [6.07, 6.45) is 5.99. The van der Waals surface area contributed by atoms with E-state index in [1.807, 2.05) is 0 Å². The van der Waals surface area contributed by atoms with Gasteiger partial charge in [0.15, 0.2) is 0 Å². The van der Waals surface area contributed by atoms with E-state index in [1.54, 1.807) is 21.6 Å². The van der Waals surface area contributed by atoms with E-state index in [-0.39, 0.29) is 17.9 Å². The van der Waals surface area contributed by atoms with Gasteiger partial charge in [-0.2, -0.15) is 0 Å². The molecule has 6 heteroatoms. The van der Waals surface area contributed by atoms with Crippen molar-refractivity contribution in [3.05, 3.63) is 35.4 Å². The summed E-state index contributed by atoms with van der Waals surface area (Å²) in [5.41, 5.74) is 2.76. The molecule has 0 unspecified atom stereocenters. The lowest BCUT2D eigenvalue weighted by Crippen LogP contribution is -2.51. The predicted octanol–water partition coefficient (Wildman–Crippen LogP) is 2.27. The van der Waals surface area contributed by atoms with Crippen LogP contribution in [0.3, 0.4) is 0 Å². The lowest BCUT2D eigenvalue weighted by atomic mass is 9.82. The molecule has 2 amide bonds. The van der Waals surface area contributed by atoms with Gasteiger partial charge in [0.25, 0.3) is 0 Å². The third kappa shape index (κ3) is 3.77. The zero-order valence-corrected chi connectivity index (χ0v) is 16.3. The zero-order valence-electron chi connectivity index (χ0n) is 15.5. The van der Waals surface area contributed by atoms with Gasteiger partial charge in [0.2, 0.25) is 11.8 Å². The smallest absolute Gasteiger partial charge is 0.246 e. The van der Waals surface area contributed by atoms with Crippen LogP contribution in [-0.4, -0.2) is 58.2 Å². The molecule has 4 rings (SSSR count). The van der Waals surface area contributed by atoms with Crippen LogP contribution in [0.15, 0.2) is 24.3 Å². The second kappa shape index (κ2) is 8.05. The second-order valence-electron chi connectivity index (χ2n) is 7.84. The molecule has 2 saturated heterocycles. The molecule has 2 fully saturated rings. The molecular weight excluding hydrogens is 360 g/mol. The summed E-state index contributed by atoms with van der Waals surface area (Å²) in [5, 5.41) is 0. The van der Waals surface area contributed by atoms with Gasteiger partial charge in [-0.25, -0.2) is 0 Å². The Hall–Kier alpha value is -1.82. The molecule has 1 aliphatic carbocycles. The number of rotatable bonds is 4. The molecule has 2 heterocycles. The molecule has 2 aliphatic heterocycles. The Bertz CT molecular complexity index is 738. The minimum Gasteiger partial charge on any atom is -0.331 e. The first-order valence-electron chi connectivity index (χ1n) is 9.87. The molecular formula is C21H26N2O3S. The van der Waals surface area contributed by atoms with Gasteiger partial charge in [0.1, 0.15) is 12.3 Å². The molecule has 27 heavy (non-hydrogen) atoms. The Morgan fingerprint density at radius 3 is 2.78 bits per heavy atom. The quantitative estimate of drug-likeness (QED) is 0.745. The summed E-state index contributed by atoms with van der Waals surface area (Å²) < 4.78 is 0. The van der Waals surface area contributed by atoms with E-state index >= 15 is 0 Å². The summed E-state index contributed by atoms with van der Waals surface area (Å²) in [7, 11) is 0. The number of aldehydes is 1. The van der Waals surface area contributed by atoms with E-state index in [0.29, 0.717) is 30.5 Å². The minimum absolute atomic E-state index is 0.0445. The van der Waals surface area contributed by atoms with Crippen molar-refractivity contribution in [2.24, 2.45) is 5.92 Å². The first kappa shape index (κ1) is 18.5. The number of benzene rings is 1. The summed E-state index contributed by atoms with van der Waals surface area (Å²) in [6.45, 7) is 0.630. The lowest BCUT2D eigenvalue weighted by molar-refractivity contribution is -0.145. The Morgan fingerprint density at radius 1 is 1.15 bits per heavy atom. The van der Waals surface area contributed by atoms with Crippen molar-refractivity contribution in [1.29, 1.82) is 0 Å². The number of carbonyl (C=O) groups excluding carboxylic acids is 3. The van der Waals surface area contributed by atoms with Crippen LogP contribution < -0.4 is 0 Å². The van der Waals surface area contributed by atoms with Gasteiger partial charge in [-0.3, -0.25) is 9.59 Å². The molecule has 3 atom stereocenters. The largest absolute Gasteiger partial charge is 0.331 e. The third-order valence-corrected chi connectivity index (χ3v) is 7.15. The lowest BCUT2D eigenvalue weighted by Gasteiger charge is -2.31. The fourth-order valence-corrected chi connectivity index (χ4v) is 5.78. The Kier molecular flexibility index (Phi) is 5.53. The molecule has 3 aliphatic rings. The monoisotopic (exact) mass is 386 g/mol. The van der Waals surface area contributed by atoms with Gasteiger partial charge in [-0.05, 0) is 49.1 Å². The maximum atomic E-state index is 13.0. The average molecular weight is 387 g/mol. The van der Waals surface area contributed by atoms with Crippen LogP contribution in [0.2, 0.25) is 0 Å². The molecule has 0 N–H and O–H groups in total. The highest BCUT2D eigenvalue weighted by atomic mass is 32.2. The summed E-state index contributed by atoms with van der Waals surface area (Å²) >= 11 is 1.63. The number of amides is 2. The fourth-order valence-electron chi connectivity index (χ4n) is 4.60. The minimum atomic E-state index is -0.404. The molecule has 0 spiro atoms. The third-order valence-electron chi connectivity index (χ3n) is 6.14. The van der Waals surface area contributed by atoms with E-state index in [0.717, 1.165) is 38.4 Å². The molecule has 0 radical (unpaired) electrons. The molecule has 1 aromatic carbocycles. The van der Waals surface area contributed by atoms with E-state index in [2.05, 4.69) is 24.3 Å². The maximum absolute atomic E-state index is 13.0. The van der Waals surface area contributed by atoms with Crippen molar-refractivity contribution in [3.63, 3.8) is 0 Å². The molecule has 5 nitrogen and oxygen atoms in total. The zero-order chi connectivity index (χ0) is 18.8. The highest BCUT2D eigenvalue weighted by molar-refractivity contribution is 7.99. The molecule has 0 bridgehead atoms. The van der Waals surface area contributed by atoms with Gasteiger partial charge >= 0.3 is 0 Å². The number of nitrogens with zero attached hydrogens (tertiary/aromatic N) is 2. The molecule has 144 valence electrons. The van der Waals surface area contributed by atoms with Crippen LogP contribution in [0, 0.1) is 5.92 Å². The number of hydrogen-bond acceptors (Lipinski definition) is 4. The number of likely N-dealkylation sites (tertiary alicyclic amines) is 1. The average Bonchev–Trinajstić information content (AvgIpc) is 3.36. The van der Waals surface area contributed by atoms with Crippen molar-refractivity contribution in [2.75, 3.05) is 18.2 Å². The maximum Gasteiger partial charge on any atom is 0.246 e. The summed E-state index contributed by atoms with van der Waals surface area (Å²) in [4.78, 5) is 40.6. The first-order valence-corrected chi connectivity index (χ1v) is 11.0. The van der Waals surface area contributed by atoms with Gasteiger partial charge in [-0.1, -0.05) is 24.3 Å². The number of thioether (sulfide) groups is 1. The van der Waals surface area contributed by atoms with E-state index in [1.165, 1.54) is 11.1 Å². The Balaban J connectivity index is 1.39. The number of fused-ring (bicyclic) bond motifs is 1. The SMILES string of the molecule is O=C[C@@H]1CCCN1C(=O)[C@@H]1CSCN1C(=O)C[C@H]1CCc2ccccc2C1. The number of hydrogen-bond donors (Lipinski definition) is 0. The van der Waals surface area contributed by atoms with Gasteiger partial charge in [0.05, 0.1) is 11.9 Å². The Morgan fingerprint density at radius 2 is 1.96 bits per heavy atom. The van der Waals surface area contributed by atoms with Crippen molar-refractivity contribution >= 4 is 29.9 Å². The van der Waals surface area contributed by atoms with Crippen molar-refractivity contribution < 1.29 is 14.4 Å². The highest BCUT2D eigenvalue weighted by Crippen LogP contribution is 2.31. The number of carbonyl (C=O) groups is 3. The van der Waals surface area contributed by atoms with Crippen LogP contribution in [0.4, 0.5) is 0 Å². The summed E-state index contributed by atoms with van der Waals surface area (Å²) in [6, 6.07) is 7.77. The van der Waals surface area contributed by atoms with Crippen LogP contribution >= 0.6 is 11.8 Å². The van der Waals surface area contributed by atoms with Crippen molar-refractivity contribution in [2.45, 2.75) is 50.6 Å². The molecule has 0 saturated carbocycles. The standard InChI is InChI=1S/C21H26N2O3S/c24-12-18-6-3-9-22(18)21(26)19-13-27-14-23(19)20(25)11-15-7-8-16-4-1-2-5-17(16)10-15/h1-2,4-5,12,15,18-19H,3,6-11,13-14H2/t15-,18-,19-/m0/s1. The predicted molar refractivity (Wildman–Crippen MR) is 105 cm³/mol. The number of aryl methyl sites for hydroxylation is 1. The van der Waals surface area contributed by atoms with Crippen LogP contribution in [0.1, 0.15) is 36.8 Å². The topological polar surface area (TPSA) is 57.7 Å². The van der Waals surface area contributed by atoms with Crippen molar-refractivity contribution in [1.82, 2.24) is 9.80 Å². The van der Waals surface area contributed by atoms with Crippen molar-refractivity contribution in [3.8, 4) is 0 Å². The van der Waals surface area contributed by atoms with E-state index in [9.17, 15) is 14.4 Å². The van der Waals surface area contributed by atoms with Crippen LogP contribution in [0.25, 0.3) is 0 Å². The van der Waals surface area contributed by atoms with Gasteiger partial charge in [-0.15, -0.1) is 11.8 Å². The fraction of sp³-hybridized carbons (Fsp3) is 0.571. The summed E-state index contributed by atoms with van der Waals surface area (Å²) in [5.74, 6) is 1.61. The van der Waals surface area contributed by atoms with Gasteiger partial charge in [0, 0.05) is 18.7 Å². The highest BCUT2D eigenvalue weighted by Gasteiger charge is 2.40. The first-order chi connectivity index (χ1) is 13.2. The van der Waals surface area contributed by atoms with Gasteiger partial charge < -0.3 is 14.6 Å². The molecule has 1 aromatic rings.